The number of imide groups is 1. The van der Waals surface area contributed by atoms with Gasteiger partial charge in [-0.2, -0.15) is 0 Å². The molecular weight excluding hydrogens is 362 g/mol. The first-order valence-electron chi connectivity index (χ1n) is 9.63. The number of hydrogen-bond donors (Lipinski definition) is 0. The van der Waals surface area contributed by atoms with E-state index in [0.717, 1.165) is 24.2 Å². The average molecular weight is 385 g/mol. The number of methoxy groups -OCH3 is 1. The third kappa shape index (κ3) is 2.89. The summed E-state index contributed by atoms with van der Waals surface area (Å²) >= 11 is 0. The molecule has 2 aliphatic carbocycles. The van der Waals surface area contributed by atoms with Gasteiger partial charge in [0.15, 0.2) is 12.4 Å². The smallest absolute Gasteiger partial charge is 0.329 e. The molecule has 148 valence electrons. The molecule has 7 nitrogen and oxygen atoms in total. The lowest BCUT2D eigenvalue weighted by Gasteiger charge is -2.22. The Morgan fingerprint density at radius 2 is 1.79 bits per heavy atom. The minimum atomic E-state index is -1.02. The van der Waals surface area contributed by atoms with Crippen LogP contribution in [0.5, 0.6) is 5.75 Å². The lowest BCUT2D eigenvalue weighted by atomic mass is 9.81. The first-order valence-corrected chi connectivity index (χ1v) is 9.63. The largest absolute Gasteiger partial charge is 0.497 e. The summed E-state index contributed by atoms with van der Waals surface area (Å²) in [7, 11) is 1.50. The third-order valence-electron chi connectivity index (χ3n) is 6.43. The van der Waals surface area contributed by atoms with Gasteiger partial charge in [0.2, 0.25) is 11.8 Å². The monoisotopic (exact) mass is 385 g/mol. The fourth-order valence-corrected chi connectivity index (χ4v) is 5.06. The van der Waals surface area contributed by atoms with Crippen molar-refractivity contribution in [2.24, 2.45) is 23.7 Å². The maximum atomic E-state index is 12.8. The number of Topliss-reactive ketones (excluding diaryl/α,β-unsaturated/α-hetero) is 1. The SMILES string of the molecule is COc1cccc(C(=O)COC(=O)[C@@H](C)N2C(=O)[C@@H]3[C@H]4CC[C@@H](C4)[C@@H]3C2=O)c1. The fourth-order valence-electron chi connectivity index (χ4n) is 5.06. The second-order valence-electron chi connectivity index (χ2n) is 7.87. The van der Waals surface area contributed by atoms with E-state index in [1.807, 2.05) is 0 Å². The van der Waals surface area contributed by atoms with Crippen LogP contribution in [0.2, 0.25) is 0 Å². The molecule has 28 heavy (non-hydrogen) atoms. The number of ether oxygens (including phenoxy) is 2. The maximum Gasteiger partial charge on any atom is 0.329 e. The normalized spacial score (nSPS) is 29.0. The summed E-state index contributed by atoms with van der Waals surface area (Å²) < 4.78 is 10.2. The van der Waals surface area contributed by atoms with Crippen molar-refractivity contribution in [1.82, 2.24) is 4.90 Å². The Balaban J connectivity index is 1.39. The Hall–Kier alpha value is -2.70. The number of likely N-dealkylation sites (tertiary alicyclic amines) is 1. The van der Waals surface area contributed by atoms with Gasteiger partial charge in [0, 0.05) is 5.56 Å². The number of amides is 2. The van der Waals surface area contributed by atoms with Crippen LogP contribution in [0.25, 0.3) is 0 Å². The van der Waals surface area contributed by atoms with Crippen molar-refractivity contribution in [3.8, 4) is 5.75 Å². The summed E-state index contributed by atoms with van der Waals surface area (Å²) in [5.74, 6) is -1.15. The molecule has 1 aromatic carbocycles. The molecule has 0 aromatic heterocycles. The minimum absolute atomic E-state index is 0.259. The number of carbonyl (C=O) groups excluding carboxylic acids is 4. The zero-order valence-corrected chi connectivity index (χ0v) is 15.9. The predicted molar refractivity (Wildman–Crippen MR) is 97.4 cm³/mol. The van der Waals surface area contributed by atoms with Gasteiger partial charge in [0.05, 0.1) is 18.9 Å². The molecule has 0 unspecified atom stereocenters. The number of esters is 1. The number of hydrogen-bond acceptors (Lipinski definition) is 6. The van der Waals surface area contributed by atoms with E-state index in [9.17, 15) is 19.2 Å². The average Bonchev–Trinajstić information content (AvgIpc) is 3.39. The van der Waals surface area contributed by atoms with E-state index in [0.29, 0.717) is 11.3 Å². The maximum absolute atomic E-state index is 12.8. The summed E-state index contributed by atoms with van der Waals surface area (Å²) in [5.41, 5.74) is 0.360. The van der Waals surface area contributed by atoms with E-state index in [-0.39, 0.29) is 41.3 Å². The van der Waals surface area contributed by atoms with Crippen LogP contribution in [-0.4, -0.2) is 48.2 Å². The molecule has 4 rings (SSSR count). The van der Waals surface area contributed by atoms with Crippen LogP contribution < -0.4 is 4.74 Å². The number of rotatable bonds is 6. The molecule has 7 heteroatoms. The summed E-state index contributed by atoms with van der Waals surface area (Å²) in [5, 5.41) is 0. The van der Waals surface area contributed by atoms with Crippen LogP contribution in [0.4, 0.5) is 0 Å². The Morgan fingerprint density at radius 1 is 1.14 bits per heavy atom. The molecular formula is C21H23NO6. The molecule has 3 aliphatic rings. The molecule has 1 heterocycles. The van der Waals surface area contributed by atoms with Crippen molar-refractivity contribution in [3.63, 3.8) is 0 Å². The number of ketones is 1. The number of nitrogens with zero attached hydrogens (tertiary/aromatic N) is 1. The van der Waals surface area contributed by atoms with Gasteiger partial charge < -0.3 is 9.47 Å². The standard InChI is InChI=1S/C21H23NO6/c1-11(21(26)28-10-16(23)12-4-3-5-15(9-12)27-2)22-19(24)17-13-6-7-14(8-13)18(17)20(22)25/h3-5,9,11,13-14,17-18H,6-8,10H2,1-2H3/t11-,13+,14+,17-,18+/m1/s1. The lowest BCUT2D eigenvalue weighted by molar-refractivity contribution is -0.157. The number of fused-ring (bicyclic) bond motifs is 5. The molecule has 5 atom stereocenters. The summed E-state index contributed by atoms with van der Waals surface area (Å²) in [4.78, 5) is 51.3. The zero-order chi connectivity index (χ0) is 20.0. The Labute approximate surface area is 163 Å². The van der Waals surface area contributed by atoms with Crippen molar-refractivity contribution in [2.75, 3.05) is 13.7 Å². The fraction of sp³-hybridized carbons (Fsp3) is 0.524. The Kier molecular flexibility index (Phi) is 4.69. The molecule has 2 bridgehead atoms. The second kappa shape index (κ2) is 7.04. The lowest BCUT2D eigenvalue weighted by Crippen LogP contribution is -2.45. The topological polar surface area (TPSA) is 90.0 Å². The van der Waals surface area contributed by atoms with Crippen molar-refractivity contribution in [3.05, 3.63) is 29.8 Å². The highest BCUT2D eigenvalue weighted by Gasteiger charge is 2.62. The highest BCUT2D eigenvalue weighted by molar-refractivity contribution is 6.08. The molecule has 2 amide bonds. The van der Waals surface area contributed by atoms with Crippen molar-refractivity contribution < 1.29 is 28.7 Å². The van der Waals surface area contributed by atoms with Gasteiger partial charge in [0.1, 0.15) is 11.8 Å². The van der Waals surface area contributed by atoms with E-state index in [1.54, 1.807) is 24.3 Å². The third-order valence-corrected chi connectivity index (χ3v) is 6.43. The van der Waals surface area contributed by atoms with Gasteiger partial charge in [0.25, 0.3) is 0 Å². The van der Waals surface area contributed by atoms with Gasteiger partial charge in [-0.05, 0) is 50.2 Å². The van der Waals surface area contributed by atoms with Crippen molar-refractivity contribution in [2.45, 2.75) is 32.2 Å². The predicted octanol–water partition coefficient (Wildman–Crippen LogP) is 1.84. The molecule has 1 saturated heterocycles. The van der Waals surface area contributed by atoms with E-state index < -0.39 is 18.6 Å². The van der Waals surface area contributed by atoms with Crippen LogP contribution >= 0.6 is 0 Å². The summed E-state index contributed by atoms with van der Waals surface area (Å²) in [6.45, 7) is 1.03. The summed E-state index contributed by atoms with van der Waals surface area (Å²) in [6.07, 6.45) is 2.90. The molecule has 3 fully saturated rings. The van der Waals surface area contributed by atoms with Gasteiger partial charge in [-0.3, -0.25) is 19.3 Å². The quantitative estimate of drug-likeness (QED) is 0.422. The highest BCUT2D eigenvalue weighted by atomic mass is 16.5. The highest BCUT2D eigenvalue weighted by Crippen LogP contribution is 2.56. The van der Waals surface area contributed by atoms with E-state index in [4.69, 9.17) is 9.47 Å². The van der Waals surface area contributed by atoms with Crippen molar-refractivity contribution in [1.29, 1.82) is 0 Å². The van der Waals surface area contributed by atoms with Gasteiger partial charge in [-0.15, -0.1) is 0 Å². The molecule has 0 radical (unpaired) electrons. The van der Waals surface area contributed by atoms with E-state index in [1.165, 1.54) is 14.0 Å². The molecule has 1 aliphatic heterocycles. The first kappa shape index (κ1) is 18.7. The van der Waals surface area contributed by atoms with Gasteiger partial charge in [-0.1, -0.05) is 12.1 Å². The van der Waals surface area contributed by atoms with Crippen LogP contribution in [0.3, 0.4) is 0 Å². The van der Waals surface area contributed by atoms with Crippen LogP contribution in [0.1, 0.15) is 36.5 Å². The van der Waals surface area contributed by atoms with Gasteiger partial charge >= 0.3 is 5.97 Å². The van der Waals surface area contributed by atoms with Crippen LogP contribution in [0.15, 0.2) is 24.3 Å². The summed E-state index contributed by atoms with van der Waals surface area (Å²) in [6, 6.07) is 5.52. The van der Waals surface area contributed by atoms with Crippen molar-refractivity contribution >= 4 is 23.6 Å². The Bertz CT molecular complexity index is 821. The van der Waals surface area contributed by atoms with Crippen LogP contribution in [0, 0.1) is 23.7 Å². The molecule has 2 saturated carbocycles. The van der Waals surface area contributed by atoms with E-state index in [2.05, 4.69) is 0 Å². The van der Waals surface area contributed by atoms with E-state index >= 15 is 0 Å². The zero-order valence-electron chi connectivity index (χ0n) is 15.9. The number of benzene rings is 1. The molecule has 0 N–H and O–H groups in total. The van der Waals surface area contributed by atoms with Crippen LogP contribution in [-0.2, 0) is 19.1 Å². The first-order chi connectivity index (χ1) is 13.4. The minimum Gasteiger partial charge on any atom is -0.497 e. The number of carbonyl (C=O) groups is 4. The van der Waals surface area contributed by atoms with Gasteiger partial charge in [-0.25, -0.2) is 4.79 Å². The Morgan fingerprint density at radius 3 is 2.39 bits per heavy atom. The second-order valence-corrected chi connectivity index (χ2v) is 7.87. The molecule has 1 aromatic rings. The molecule has 0 spiro atoms.